The average molecular weight is 1300 g/mol. The van der Waals surface area contributed by atoms with Crippen molar-refractivity contribution in [1.29, 1.82) is 0 Å². The second kappa shape index (κ2) is 66.0. The second-order valence-electron chi connectivity index (χ2n) is 24.8. The molecular weight excluding hydrogens is 1150 g/mol. The van der Waals surface area contributed by atoms with E-state index in [4.69, 9.17) is 53.8 Å². The molecule has 0 spiro atoms. The third-order valence-corrected chi connectivity index (χ3v) is 27.2. The summed E-state index contributed by atoms with van der Waals surface area (Å²) in [6, 6.07) is 0. The third kappa shape index (κ3) is 72.0. The van der Waals surface area contributed by atoms with E-state index in [1.165, 1.54) is 12.2 Å². The van der Waals surface area contributed by atoms with E-state index in [2.05, 4.69) is 180 Å². The number of epoxide rings is 1. The van der Waals surface area contributed by atoms with Gasteiger partial charge in [0.25, 0.3) is 0 Å². The average Bonchev–Trinajstić information content (AvgIpc) is 3.12. The maximum Gasteiger partial charge on any atom is 0.330 e. The lowest BCUT2D eigenvalue weighted by Gasteiger charge is -2.38. The largest absolute Gasteiger partial charge is 0.481 e. The lowest BCUT2D eigenvalue weighted by Crippen LogP contribution is -2.43. The molecule has 0 saturated carbocycles. The quantitative estimate of drug-likeness (QED) is 0.00827. The lowest BCUT2D eigenvalue weighted by atomic mass is 10.2. The SMILES string of the molecule is C=C.C=C[C@@H](CC(=O)O)O[Si](C)(C)C(C)(C)C.C=C[C@@H](CCC)O[Si](C)(C)C(C)(C)C.C=C[C@@H](CCO)O[Si](C)(C)C(C)(C)C.C=C[C@H](O)CCC.CCC/C=C/C(=O)OCC.CCC/C=C/C=O.CCCCO.CCC[C@H]1O[C@@H]1CO.OCCCO. The van der Waals surface area contributed by atoms with Crippen LogP contribution in [0.15, 0.2) is 88.1 Å². The number of ether oxygens (including phenoxy) is 2. The van der Waals surface area contributed by atoms with Gasteiger partial charge in [0, 0.05) is 32.5 Å². The molecule has 1 aliphatic rings. The number of allylic oxidation sites excluding steroid dienone is 3. The van der Waals surface area contributed by atoms with E-state index in [1.54, 1.807) is 25.2 Å². The van der Waals surface area contributed by atoms with Gasteiger partial charge in [0.2, 0.25) is 0 Å². The van der Waals surface area contributed by atoms with E-state index < -0.39 is 30.9 Å². The molecule has 0 aromatic carbocycles. The van der Waals surface area contributed by atoms with Crippen molar-refractivity contribution in [1.82, 2.24) is 0 Å². The molecule has 0 aliphatic carbocycles. The van der Waals surface area contributed by atoms with Crippen molar-refractivity contribution >= 4 is 43.2 Å². The van der Waals surface area contributed by atoms with Crippen LogP contribution in [-0.4, -0.2) is 155 Å². The Bertz CT molecular complexity index is 1580. The van der Waals surface area contributed by atoms with Crippen molar-refractivity contribution in [3.05, 3.63) is 88.1 Å². The smallest absolute Gasteiger partial charge is 0.330 e. The van der Waals surface area contributed by atoms with Crippen LogP contribution in [-0.2, 0) is 37.1 Å². The molecule has 0 bridgehead atoms. The highest BCUT2D eigenvalue weighted by atomic mass is 28.4. The van der Waals surface area contributed by atoms with Gasteiger partial charge in [-0.1, -0.05) is 179 Å². The molecule has 0 radical (unpaired) electrons. The number of carboxylic acids is 1. The molecule has 18 heteroatoms. The number of carboxylic acid groups (broad SMARTS) is 1. The summed E-state index contributed by atoms with van der Waals surface area (Å²) in [6.45, 7) is 69.3. The normalized spacial score (nSPS) is 14.8. The van der Waals surface area contributed by atoms with Crippen LogP contribution in [0, 0.1) is 0 Å². The Morgan fingerprint density at radius 1 is 0.540 bits per heavy atom. The zero-order chi connectivity index (χ0) is 70.4. The molecule has 0 aromatic rings. The molecule has 0 unspecified atom stereocenters. The van der Waals surface area contributed by atoms with Crippen LogP contribution < -0.4 is 0 Å². The van der Waals surface area contributed by atoms with Crippen LogP contribution in [0.5, 0.6) is 0 Å². The van der Waals surface area contributed by atoms with Gasteiger partial charge in [-0.05, 0) is 119 Å². The van der Waals surface area contributed by atoms with Gasteiger partial charge in [-0.2, -0.15) is 0 Å². The van der Waals surface area contributed by atoms with Crippen LogP contribution in [0.3, 0.4) is 0 Å². The van der Waals surface area contributed by atoms with Crippen molar-refractivity contribution in [3.63, 3.8) is 0 Å². The fourth-order valence-electron chi connectivity index (χ4n) is 5.25. The number of unbranched alkanes of at least 4 members (excludes halogenated alkanes) is 3. The van der Waals surface area contributed by atoms with E-state index >= 15 is 0 Å². The minimum Gasteiger partial charge on any atom is -0.481 e. The van der Waals surface area contributed by atoms with Crippen molar-refractivity contribution in [2.24, 2.45) is 0 Å². The number of aliphatic hydroxyl groups is 6. The summed E-state index contributed by atoms with van der Waals surface area (Å²) in [7, 11) is -5.20. The first-order valence-corrected chi connectivity index (χ1v) is 40.6. The summed E-state index contributed by atoms with van der Waals surface area (Å²) in [6.07, 6.45) is 28.2. The molecule has 0 amide bonds. The molecule has 1 fully saturated rings. The summed E-state index contributed by atoms with van der Waals surface area (Å²) in [5.41, 5.74) is 0. The standard InChI is InChI=1S/C12H26OSi.C11H22O3Si.C11H24O2Si.C8H14O2.C6H12O2.C6H12O.C6H10O.C4H10O.C3H8O2.C2H4/c1-8-10-11(9-2)13-14(6,7)12(3,4)5;1-7-9(8-10(12)13)14-15(5,6)11(2,3)4;1-7-10(8-9-12)13-14(5,6)11(2,3)4;1-3-5-6-7-8(9)10-4-2;1-2-3-5-6(4-7)8-5;1-3-5-6(7)4-2;1-2-3-4-5-6-7;1-2-3-4-5;4-2-1-3-5;1-2/h9,11H,2,8,10H2,1,3-7H3;7,9H,1,8H2,2-6H3,(H,12,13);7,10,12H,1,8-9H2,2-6H3;6-7H,3-5H2,1-2H3;5-7H,2-4H2,1H3;4,6-7H,2-3,5H2,1H3;4-6H,2-3H2,1H3;5H,2-4H2,1H3;4-5H,1-3H2;1-2H2/b;;;7-6+;;;5-4+;;;/t11-;9-;10-;;5-,6-;6-;;;;/m000.10..../s1. The Morgan fingerprint density at radius 2 is 0.943 bits per heavy atom. The van der Waals surface area contributed by atoms with Gasteiger partial charge in [0.1, 0.15) is 12.4 Å². The van der Waals surface area contributed by atoms with Crippen LogP contribution in [0.25, 0.3) is 0 Å². The zero-order valence-electron chi connectivity index (χ0n) is 60.1. The molecule has 15 nitrogen and oxygen atoms in total. The Kier molecular flexibility index (Phi) is 78.0. The minimum atomic E-state index is -1.89. The maximum atomic E-state index is 10.6. The number of esters is 1. The number of rotatable bonds is 32. The van der Waals surface area contributed by atoms with E-state index in [-0.39, 0.29) is 79.4 Å². The third-order valence-electron chi connectivity index (χ3n) is 13.7. The number of hydrogen-bond acceptors (Lipinski definition) is 14. The zero-order valence-corrected chi connectivity index (χ0v) is 63.1. The predicted molar refractivity (Wildman–Crippen MR) is 380 cm³/mol. The number of aliphatic hydroxyl groups excluding tert-OH is 6. The van der Waals surface area contributed by atoms with Gasteiger partial charge in [0.15, 0.2) is 25.0 Å². The minimum absolute atomic E-state index is 0.000826. The molecule has 0 aromatic heterocycles. The monoisotopic (exact) mass is 1290 g/mol. The predicted octanol–water partition coefficient (Wildman–Crippen LogP) is 16.6. The molecule has 87 heavy (non-hydrogen) atoms. The van der Waals surface area contributed by atoms with E-state index in [1.807, 2.05) is 25.2 Å². The summed E-state index contributed by atoms with van der Waals surface area (Å²) < 4.78 is 27.9. The van der Waals surface area contributed by atoms with Crippen molar-refractivity contribution in [2.45, 2.75) is 298 Å². The molecule has 1 rings (SSSR count). The molecule has 6 atom stereocenters. The topological polar surface area (TPSA) is 242 Å². The highest BCUT2D eigenvalue weighted by molar-refractivity contribution is 6.75. The molecule has 1 heterocycles. The fraction of sp³-hybridized carbons (Fsp3) is 0.754. The summed E-state index contributed by atoms with van der Waals surface area (Å²) in [5.74, 6) is -1.09. The summed E-state index contributed by atoms with van der Waals surface area (Å²) in [4.78, 5) is 30.8. The van der Waals surface area contributed by atoms with Crippen molar-refractivity contribution in [2.75, 3.05) is 39.6 Å². The first-order valence-electron chi connectivity index (χ1n) is 31.9. The molecule has 7 N–H and O–H groups in total. The van der Waals surface area contributed by atoms with Crippen molar-refractivity contribution in [3.8, 4) is 0 Å². The van der Waals surface area contributed by atoms with Crippen LogP contribution >= 0.6 is 0 Å². The Balaban J connectivity index is -0.000000115. The first-order chi connectivity index (χ1) is 40.3. The van der Waals surface area contributed by atoms with E-state index in [0.29, 0.717) is 37.2 Å². The van der Waals surface area contributed by atoms with Gasteiger partial charge in [-0.3, -0.25) is 9.59 Å². The summed E-state index contributed by atoms with van der Waals surface area (Å²) >= 11 is 0. The number of hydrogen-bond donors (Lipinski definition) is 7. The van der Waals surface area contributed by atoms with Crippen LogP contribution in [0.2, 0.25) is 54.4 Å². The van der Waals surface area contributed by atoms with Gasteiger partial charge >= 0.3 is 11.9 Å². The maximum absolute atomic E-state index is 10.6. The first kappa shape index (κ1) is 103. The van der Waals surface area contributed by atoms with Crippen LogP contribution in [0.1, 0.15) is 207 Å². The fourth-order valence-corrected chi connectivity index (χ4v) is 9.19. The van der Waals surface area contributed by atoms with Gasteiger partial charge in [0.05, 0.1) is 50.2 Å². The highest BCUT2D eigenvalue weighted by Gasteiger charge is 2.41. The Hall–Kier alpha value is -2.96. The van der Waals surface area contributed by atoms with Gasteiger partial charge < -0.3 is 58.5 Å². The van der Waals surface area contributed by atoms with E-state index in [9.17, 15) is 14.4 Å². The summed E-state index contributed by atoms with van der Waals surface area (Å²) in [5, 5.41) is 59.2. The molecular formula is C69H142O15Si3. The second-order valence-corrected chi connectivity index (χ2v) is 39.1. The number of aldehydes is 1. The molecule has 1 aliphatic heterocycles. The Morgan fingerprint density at radius 3 is 1.18 bits per heavy atom. The Labute approximate surface area is 539 Å². The molecule has 1 saturated heterocycles. The highest BCUT2D eigenvalue weighted by Crippen LogP contribution is 2.39. The van der Waals surface area contributed by atoms with Gasteiger partial charge in [-0.15, -0.1) is 39.5 Å². The lowest BCUT2D eigenvalue weighted by molar-refractivity contribution is -0.139. The number of carbonyl (C=O) groups is 3. The van der Waals surface area contributed by atoms with Crippen LogP contribution in [0.4, 0.5) is 0 Å². The molecule has 520 valence electrons. The number of aliphatic carboxylic acids is 1. The van der Waals surface area contributed by atoms with E-state index in [0.717, 1.165) is 83.3 Å². The van der Waals surface area contributed by atoms with Crippen molar-refractivity contribution < 1.29 is 72.9 Å². The number of carbonyl (C=O) groups excluding carboxylic acids is 2. The van der Waals surface area contributed by atoms with Gasteiger partial charge in [-0.25, -0.2) is 4.79 Å².